The molecular weight excluding hydrogens is 270 g/mol. The maximum Gasteiger partial charge on any atom is 0.327 e. The standard InChI is InChI=1S/C13H19NO4.ClH/c1-13(2,3)18-8-5-6-10(15)9(7-8)11(14)12(16)17-4;/h5-7,11,15H,14H2,1-4H3;1H/t11-;/m0./s1. The van der Waals surface area contributed by atoms with Gasteiger partial charge in [-0.2, -0.15) is 0 Å². The first-order chi connectivity index (χ1) is 8.24. The molecule has 1 aromatic carbocycles. The first kappa shape index (κ1) is 17.5. The van der Waals surface area contributed by atoms with Gasteiger partial charge in [-0.05, 0) is 39.0 Å². The average Bonchev–Trinajstić information content (AvgIpc) is 2.28. The van der Waals surface area contributed by atoms with Crippen LogP contribution in [-0.2, 0) is 9.53 Å². The Balaban J connectivity index is 0.00000324. The van der Waals surface area contributed by atoms with Crippen molar-refractivity contribution >= 4 is 18.4 Å². The monoisotopic (exact) mass is 289 g/mol. The van der Waals surface area contributed by atoms with Gasteiger partial charge in [0.1, 0.15) is 23.1 Å². The molecule has 0 saturated carbocycles. The molecule has 0 unspecified atom stereocenters. The molecule has 0 aromatic heterocycles. The Labute approximate surface area is 119 Å². The number of phenolic OH excluding ortho intramolecular Hbond substituents is 1. The summed E-state index contributed by atoms with van der Waals surface area (Å²) in [6.07, 6.45) is 0. The van der Waals surface area contributed by atoms with Crippen molar-refractivity contribution in [2.75, 3.05) is 7.11 Å². The van der Waals surface area contributed by atoms with Gasteiger partial charge in [-0.1, -0.05) is 0 Å². The zero-order valence-corrected chi connectivity index (χ0v) is 12.3. The van der Waals surface area contributed by atoms with Gasteiger partial charge >= 0.3 is 5.97 Å². The molecule has 1 rings (SSSR count). The molecule has 0 aliphatic rings. The lowest BCUT2D eigenvalue weighted by Gasteiger charge is -2.22. The van der Waals surface area contributed by atoms with Gasteiger partial charge in [0, 0.05) is 5.56 Å². The molecule has 6 heteroatoms. The molecule has 0 aliphatic carbocycles. The van der Waals surface area contributed by atoms with Crippen molar-refractivity contribution in [2.45, 2.75) is 32.4 Å². The van der Waals surface area contributed by atoms with Crippen molar-refractivity contribution in [3.63, 3.8) is 0 Å². The van der Waals surface area contributed by atoms with E-state index in [9.17, 15) is 9.90 Å². The van der Waals surface area contributed by atoms with Crippen LogP contribution in [0.4, 0.5) is 0 Å². The highest BCUT2D eigenvalue weighted by molar-refractivity contribution is 5.85. The molecule has 108 valence electrons. The van der Waals surface area contributed by atoms with Gasteiger partial charge < -0.3 is 20.3 Å². The third-order valence-corrected chi connectivity index (χ3v) is 2.21. The fourth-order valence-electron chi connectivity index (χ4n) is 1.45. The quantitative estimate of drug-likeness (QED) is 0.833. The van der Waals surface area contributed by atoms with Gasteiger partial charge in [-0.15, -0.1) is 12.4 Å². The van der Waals surface area contributed by atoms with Gasteiger partial charge in [0.25, 0.3) is 0 Å². The van der Waals surface area contributed by atoms with Crippen molar-refractivity contribution in [1.82, 2.24) is 0 Å². The number of esters is 1. The Morgan fingerprint density at radius 1 is 1.37 bits per heavy atom. The number of benzene rings is 1. The number of halogens is 1. The van der Waals surface area contributed by atoms with E-state index in [1.165, 1.54) is 13.2 Å². The summed E-state index contributed by atoms with van der Waals surface area (Å²) in [4.78, 5) is 11.4. The van der Waals surface area contributed by atoms with Gasteiger partial charge in [-0.25, -0.2) is 0 Å². The van der Waals surface area contributed by atoms with Crippen LogP contribution >= 0.6 is 12.4 Å². The zero-order valence-electron chi connectivity index (χ0n) is 11.5. The second-order valence-electron chi connectivity index (χ2n) is 4.94. The Kier molecular flexibility index (Phi) is 6.12. The minimum Gasteiger partial charge on any atom is -0.508 e. The third-order valence-electron chi connectivity index (χ3n) is 2.21. The largest absolute Gasteiger partial charge is 0.508 e. The number of phenols is 1. The number of hydrogen-bond donors (Lipinski definition) is 2. The number of hydrogen-bond acceptors (Lipinski definition) is 5. The average molecular weight is 290 g/mol. The van der Waals surface area contributed by atoms with Gasteiger partial charge in [0.05, 0.1) is 7.11 Å². The summed E-state index contributed by atoms with van der Waals surface area (Å²) in [6.45, 7) is 5.71. The molecule has 0 aliphatic heterocycles. The zero-order chi connectivity index (χ0) is 13.9. The summed E-state index contributed by atoms with van der Waals surface area (Å²) in [5, 5.41) is 9.70. The number of rotatable bonds is 3. The Hall–Kier alpha value is -1.46. The predicted molar refractivity (Wildman–Crippen MR) is 74.7 cm³/mol. The van der Waals surface area contributed by atoms with Crippen LogP contribution in [0, 0.1) is 0 Å². The Morgan fingerprint density at radius 2 is 1.95 bits per heavy atom. The normalized spacial score (nSPS) is 12.3. The van der Waals surface area contributed by atoms with E-state index in [4.69, 9.17) is 10.5 Å². The van der Waals surface area contributed by atoms with E-state index >= 15 is 0 Å². The van der Waals surface area contributed by atoms with E-state index in [0.717, 1.165) is 0 Å². The predicted octanol–water partition coefficient (Wildman–Crippen LogP) is 2.16. The highest BCUT2D eigenvalue weighted by Gasteiger charge is 2.21. The van der Waals surface area contributed by atoms with E-state index in [-0.39, 0.29) is 29.3 Å². The molecule has 1 aromatic rings. The number of aromatic hydroxyl groups is 1. The smallest absolute Gasteiger partial charge is 0.327 e. The lowest BCUT2D eigenvalue weighted by molar-refractivity contribution is -0.142. The van der Waals surface area contributed by atoms with E-state index in [0.29, 0.717) is 5.75 Å². The maximum atomic E-state index is 11.4. The molecule has 0 fully saturated rings. The molecule has 5 nitrogen and oxygen atoms in total. The van der Waals surface area contributed by atoms with Gasteiger partial charge in [0.15, 0.2) is 0 Å². The molecule has 0 heterocycles. The first-order valence-corrected chi connectivity index (χ1v) is 5.60. The Morgan fingerprint density at radius 3 is 2.42 bits per heavy atom. The summed E-state index contributed by atoms with van der Waals surface area (Å²) in [7, 11) is 1.24. The molecule has 3 N–H and O–H groups in total. The summed E-state index contributed by atoms with van der Waals surface area (Å²) in [5.74, 6) is -0.137. The minimum absolute atomic E-state index is 0. The second kappa shape index (κ2) is 6.63. The van der Waals surface area contributed by atoms with Gasteiger partial charge in [0.2, 0.25) is 0 Å². The topological polar surface area (TPSA) is 81.8 Å². The van der Waals surface area contributed by atoms with Crippen molar-refractivity contribution < 1.29 is 19.4 Å². The number of methoxy groups -OCH3 is 1. The lowest BCUT2D eigenvalue weighted by Crippen LogP contribution is -2.24. The summed E-state index contributed by atoms with van der Waals surface area (Å²) < 4.78 is 10.2. The highest BCUT2D eigenvalue weighted by Crippen LogP contribution is 2.29. The molecule has 0 amide bonds. The summed E-state index contributed by atoms with van der Waals surface area (Å²) in [6, 6.07) is 3.58. The van der Waals surface area contributed by atoms with Crippen LogP contribution in [-0.4, -0.2) is 23.8 Å². The van der Waals surface area contributed by atoms with Crippen molar-refractivity contribution in [2.24, 2.45) is 5.73 Å². The van der Waals surface area contributed by atoms with Crippen molar-refractivity contribution in [3.8, 4) is 11.5 Å². The van der Waals surface area contributed by atoms with Crippen LogP contribution in [0.25, 0.3) is 0 Å². The third kappa shape index (κ3) is 4.96. The fourth-order valence-corrected chi connectivity index (χ4v) is 1.45. The summed E-state index contributed by atoms with van der Waals surface area (Å²) >= 11 is 0. The fraction of sp³-hybridized carbons (Fsp3) is 0.462. The van der Waals surface area contributed by atoms with E-state index in [2.05, 4.69) is 4.74 Å². The molecule has 0 bridgehead atoms. The van der Waals surface area contributed by atoms with Crippen molar-refractivity contribution in [3.05, 3.63) is 23.8 Å². The Bertz CT molecular complexity index is 443. The lowest BCUT2D eigenvalue weighted by atomic mass is 10.1. The number of nitrogens with two attached hydrogens (primary N) is 1. The SMILES string of the molecule is COC(=O)[C@@H](N)c1cc(OC(C)(C)C)ccc1O.Cl. The van der Waals surface area contributed by atoms with Crippen LogP contribution in [0.3, 0.4) is 0 Å². The van der Waals surface area contributed by atoms with Crippen LogP contribution in [0.1, 0.15) is 32.4 Å². The highest BCUT2D eigenvalue weighted by atomic mass is 35.5. The minimum atomic E-state index is -1.03. The number of carbonyl (C=O) groups is 1. The van der Waals surface area contributed by atoms with Crippen LogP contribution in [0.5, 0.6) is 11.5 Å². The van der Waals surface area contributed by atoms with Crippen LogP contribution in [0.2, 0.25) is 0 Å². The second-order valence-corrected chi connectivity index (χ2v) is 4.94. The van der Waals surface area contributed by atoms with Crippen LogP contribution in [0.15, 0.2) is 18.2 Å². The first-order valence-electron chi connectivity index (χ1n) is 5.60. The maximum absolute atomic E-state index is 11.4. The van der Waals surface area contributed by atoms with E-state index < -0.39 is 12.0 Å². The van der Waals surface area contributed by atoms with E-state index in [1.807, 2.05) is 20.8 Å². The molecule has 0 spiro atoms. The van der Waals surface area contributed by atoms with Gasteiger partial charge in [-0.3, -0.25) is 4.79 Å². The number of ether oxygens (including phenoxy) is 2. The molecule has 1 atom stereocenters. The summed E-state index contributed by atoms with van der Waals surface area (Å²) in [5.41, 5.74) is 5.60. The molecule has 19 heavy (non-hydrogen) atoms. The molecular formula is C13H20ClNO4. The van der Waals surface area contributed by atoms with Crippen LogP contribution < -0.4 is 10.5 Å². The van der Waals surface area contributed by atoms with Crippen molar-refractivity contribution in [1.29, 1.82) is 0 Å². The number of carbonyl (C=O) groups excluding carboxylic acids is 1. The van der Waals surface area contributed by atoms with E-state index in [1.54, 1.807) is 12.1 Å². The molecule has 0 radical (unpaired) electrons. The molecule has 0 saturated heterocycles.